The zero-order valence-electron chi connectivity index (χ0n) is 9.36. The van der Waals surface area contributed by atoms with Crippen molar-refractivity contribution < 1.29 is 19.1 Å². The van der Waals surface area contributed by atoms with E-state index in [2.05, 4.69) is 5.32 Å². The third-order valence-electron chi connectivity index (χ3n) is 2.10. The van der Waals surface area contributed by atoms with Gasteiger partial charge in [0.2, 0.25) is 5.91 Å². The third kappa shape index (κ3) is 3.45. The van der Waals surface area contributed by atoms with Gasteiger partial charge in [-0.3, -0.25) is 4.79 Å². The van der Waals surface area contributed by atoms with Crippen LogP contribution in [0.2, 0.25) is 0 Å². The van der Waals surface area contributed by atoms with Gasteiger partial charge in [0.15, 0.2) is 0 Å². The van der Waals surface area contributed by atoms with Crippen molar-refractivity contribution >= 4 is 23.6 Å². The summed E-state index contributed by atoms with van der Waals surface area (Å²) in [4.78, 5) is 22.2. The monoisotopic (exact) mass is 257 g/mol. The van der Waals surface area contributed by atoms with Gasteiger partial charge < -0.3 is 10.4 Å². The highest BCUT2D eigenvalue weighted by atomic mass is 32.2. The number of hydrogen-bond donors (Lipinski definition) is 2. The van der Waals surface area contributed by atoms with Crippen LogP contribution < -0.4 is 5.32 Å². The van der Waals surface area contributed by atoms with Crippen molar-refractivity contribution in [1.82, 2.24) is 5.32 Å². The zero-order valence-corrected chi connectivity index (χ0v) is 10.2. The SMILES string of the molecule is CNC(=O)C(C)Sc1cc(C(=O)O)ccc1F. The number of benzene rings is 1. The Morgan fingerprint density at radius 3 is 2.65 bits per heavy atom. The summed E-state index contributed by atoms with van der Waals surface area (Å²) in [5.41, 5.74) is -0.00185. The Labute approximate surface area is 102 Å². The Bertz CT molecular complexity index is 450. The highest BCUT2D eigenvalue weighted by Crippen LogP contribution is 2.27. The average Bonchev–Trinajstić information content (AvgIpc) is 2.30. The van der Waals surface area contributed by atoms with Crippen LogP contribution >= 0.6 is 11.8 Å². The molecule has 0 saturated carbocycles. The van der Waals surface area contributed by atoms with E-state index in [1.807, 2.05) is 0 Å². The maximum Gasteiger partial charge on any atom is 0.335 e. The minimum atomic E-state index is -1.13. The molecule has 0 aliphatic rings. The molecule has 0 bridgehead atoms. The standard InChI is InChI=1S/C11H12FNO3S/c1-6(10(14)13-2)17-9-5-7(11(15)16)3-4-8(9)12/h3-6H,1-2H3,(H,13,14)(H,15,16). The molecule has 1 aromatic carbocycles. The molecule has 0 spiro atoms. The van der Waals surface area contributed by atoms with Gasteiger partial charge >= 0.3 is 5.97 Å². The number of halogens is 1. The summed E-state index contributed by atoms with van der Waals surface area (Å²) in [6, 6.07) is 3.50. The molecule has 0 radical (unpaired) electrons. The van der Waals surface area contributed by atoms with Gasteiger partial charge in [0.25, 0.3) is 0 Å². The normalized spacial score (nSPS) is 11.9. The summed E-state index contributed by atoms with van der Waals surface area (Å²) in [5, 5.41) is 10.7. The lowest BCUT2D eigenvalue weighted by molar-refractivity contribution is -0.119. The van der Waals surface area contributed by atoms with Gasteiger partial charge in [-0.25, -0.2) is 9.18 Å². The first-order valence-corrected chi connectivity index (χ1v) is 5.74. The second-order valence-corrected chi connectivity index (χ2v) is 4.71. The first kappa shape index (κ1) is 13.5. The Kier molecular flexibility index (Phi) is 4.51. The predicted molar refractivity (Wildman–Crippen MR) is 62.7 cm³/mol. The topological polar surface area (TPSA) is 66.4 Å². The lowest BCUT2D eigenvalue weighted by atomic mass is 10.2. The van der Waals surface area contributed by atoms with E-state index >= 15 is 0 Å². The molecule has 1 rings (SSSR count). The van der Waals surface area contributed by atoms with Crippen LogP contribution in [0.4, 0.5) is 4.39 Å². The lowest BCUT2D eigenvalue weighted by Crippen LogP contribution is -2.27. The molecule has 0 aromatic heterocycles. The first-order chi connectivity index (χ1) is 7.95. The largest absolute Gasteiger partial charge is 0.478 e. The summed E-state index contributed by atoms with van der Waals surface area (Å²) in [5.74, 6) is -1.90. The molecule has 2 N–H and O–H groups in total. The number of amides is 1. The van der Waals surface area contributed by atoms with E-state index < -0.39 is 17.0 Å². The molecule has 17 heavy (non-hydrogen) atoms. The Morgan fingerprint density at radius 1 is 1.47 bits per heavy atom. The van der Waals surface area contributed by atoms with Crippen LogP contribution in [0.1, 0.15) is 17.3 Å². The molecule has 92 valence electrons. The number of rotatable bonds is 4. The second-order valence-electron chi connectivity index (χ2n) is 3.32. The Balaban J connectivity index is 2.93. The number of carbonyl (C=O) groups is 2. The van der Waals surface area contributed by atoms with E-state index in [1.165, 1.54) is 19.2 Å². The molecular weight excluding hydrogens is 245 g/mol. The van der Waals surface area contributed by atoms with E-state index in [-0.39, 0.29) is 16.4 Å². The van der Waals surface area contributed by atoms with E-state index in [0.717, 1.165) is 17.8 Å². The molecule has 0 aliphatic carbocycles. The van der Waals surface area contributed by atoms with Gasteiger partial charge in [-0.2, -0.15) is 0 Å². The fraction of sp³-hybridized carbons (Fsp3) is 0.273. The van der Waals surface area contributed by atoms with Crippen LogP contribution in [-0.4, -0.2) is 29.3 Å². The quantitative estimate of drug-likeness (QED) is 0.806. The molecule has 0 fully saturated rings. The first-order valence-electron chi connectivity index (χ1n) is 4.86. The van der Waals surface area contributed by atoms with Crippen molar-refractivity contribution in [1.29, 1.82) is 0 Å². The van der Waals surface area contributed by atoms with Gasteiger partial charge in [0.05, 0.1) is 10.8 Å². The summed E-state index contributed by atoms with van der Waals surface area (Å²) < 4.78 is 13.4. The number of hydrogen-bond acceptors (Lipinski definition) is 3. The molecule has 0 heterocycles. The summed E-state index contributed by atoms with van der Waals surface area (Å²) in [7, 11) is 1.49. The molecule has 6 heteroatoms. The molecule has 0 saturated heterocycles. The van der Waals surface area contributed by atoms with Gasteiger partial charge in [-0.1, -0.05) is 0 Å². The number of aromatic carboxylic acids is 1. The summed E-state index contributed by atoms with van der Waals surface area (Å²) in [6.07, 6.45) is 0. The van der Waals surface area contributed by atoms with Gasteiger partial charge in [-0.05, 0) is 25.1 Å². The fourth-order valence-corrected chi connectivity index (χ4v) is 2.16. The van der Waals surface area contributed by atoms with Gasteiger partial charge in [0.1, 0.15) is 5.82 Å². The maximum absolute atomic E-state index is 13.4. The number of thioether (sulfide) groups is 1. The Hall–Kier alpha value is -1.56. The predicted octanol–water partition coefficient (Wildman–Crippen LogP) is 1.75. The van der Waals surface area contributed by atoms with Gasteiger partial charge in [-0.15, -0.1) is 11.8 Å². The molecule has 1 atom stereocenters. The van der Waals surface area contributed by atoms with E-state index in [1.54, 1.807) is 6.92 Å². The fourth-order valence-electron chi connectivity index (χ4n) is 1.17. The van der Waals surface area contributed by atoms with Crippen molar-refractivity contribution in [3.63, 3.8) is 0 Å². The van der Waals surface area contributed by atoms with E-state index in [0.29, 0.717) is 0 Å². The molecule has 1 unspecified atom stereocenters. The number of carboxylic acid groups (broad SMARTS) is 1. The second kappa shape index (κ2) is 5.67. The molecule has 1 amide bonds. The van der Waals surface area contributed by atoms with Crippen molar-refractivity contribution in [2.24, 2.45) is 0 Å². The average molecular weight is 257 g/mol. The van der Waals surface area contributed by atoms with Gasteiger partial charge in [0, 0.05) is 11.9 Å². The van der Waals surface area contributed by atoms with Crippen LogP contribution in [0.25, 0.3) is 0 Å². The van der Waals surface area contributed by atoms with Crippen LogP contribution in [0.3, 0.4) is 0 Å². The minimum absolute atomic E-state index is 0.00185. The molecule has 1 aromatic rings. The third-order valence-corrected chi connectivity index (χ3v) is 3.23. The van der Waals surface area contributed by atoms with Crippen LogP contribution in [0.15, 0.2) is 23.1 Å². The number of carboxylic acids is 1. The molecule has 4 nitrogen and oxygen atoms in total. The molecular formula is C11H12FNO3S. The molecule has 0 aliphatic heterocycles. The highest BCUT2D eigenvalue weighted by Gasteiger charge is 2.16. The van der Waals surface area contributed by atoms with Crippen LogP contribution in [-0.2, 0) is 4.79 Å². The van der Waals surface area contributed by atoms with Crippen LogP contribution in [0.5, 0.6) is 0 Å². The van der Waals surface area contributed by atoms with Crippen molar-refractivity contribution in [3.05, 3.63) is 29.6 Å². The van der Waals surface area contributed by atoms with Crippen LogP contribution in [0, 0.1) is 5.82 Å². The lowest BCUT2D eigenvalue weighted by Gasteiger charge is -2.10. The minimum Gasteiger partial charge on any atom is -0.478 e. The van der Waals surface area contributed by atoms with E-state index in [4.69, 9.17) is 5.11 Å². The summed E-state index contributed by atoms with van der Waals surface area (Å²) in [6.45, 7) is 1.62. The van der Waals surface area contributed by atoms with E-state index in [9.17, 15) is 14.0 Å². The summed E-state index contributed by atoms with van der Waals surface area (Å²) >= 11 is 0.984. The van der Waals surface area contributed by atoms with Crippen molar-refractivity contribution in [3.8, 4) is 0 Å². The highest BCUT2D eigenvalue weighted by molar-refractivity contribution is 8.00. The number of nitrogens with one attached hydrogen (secondary N) is 1. The Morgan fingerprint density at radius 2 is 2.12 bits per heavy atom. The van der Waals surface area contributed by atoms with Crippen molar-refractivity contribution in [2.45, 2.75) is 17.1 Å². The maximum atomic E-state index is 13.4. The number of carbonyl (C=O) groups excluding carboxylic acids is 1. The zero-order chi connectivity index (χ0) is 13.0. The smallest absolute Gasteiger partial charge is 0.335 e. The van der Waals surface area contributed by atoms with Crippen molar-refractivity contribution in [2.75, 3.05) is 7.05 Å².